The standard InChI is InChI=1S/C16H17N3O4S2/c1-11-13-10-14(16(20)23-9-8-17-25(2,21)22)24-15(13)19(18-11)12-6-4-3-5-7-12/h3-7,10,17H,8-9H2,1-2H3. The lowest BCUT2D eigenvalue weighted by molar-refractivity contribution is 0.0519. The molecular formula is C16H17N3O4S2. The van der Waals surface area contributed by atoms with E-state index in [1.807, 2.05) is 37.3 Å². The summed E-state index contributed by atoms with van der Waals surface area (Å²) in [7, 11) is -3.29. The largest absolute Gasteiger partial charge is 0.460 e. The monoisotopic (exact) mass is 379 g/mol. The van der Waals surface area contributed by atoms with Crippen molar-refractivity contribution < 1.29 is 17.9 Å². The maximum Gasteiger partial charge on any atom is 0.348 e. The van der Waals surface area contributed by atoms with E-state index in [1.165, 1.54) is 11.3 Å². The summed E-state index contributed by atoms with van der Waals surface area (Å²) in [5.74, 6) is -0.476. The predicted molar refractivity (Wildman–Crippen MR) is 96.8 cm³/mol. The first-order valence-corrected chi connectivity index (χ1v) is 10.2. The number of nitrogens with one attached hydrogen (secondary N) is 1. The molecule has 3 aromatic rings. The third-order valence-corrected chi connectivity index (χ3v) is 5.27. The van der Waals surface area contributed by atoms with Gasteiger partial charge in [0.2, 0.25) is 10.0 Å². The second-order valence-corrected chi connectivity index (χ2v) is 8.33. The van der Waals surface area contributed by atoms with Crippen LogP contribution >= 0.6 is 11.3 Å². The molecule has 0 aliphatic heterocycles. The lowest BCUT2D eigenvalue weighted by Crippen LogP contribution is -2.26. The third kappa shape index (κ3) is 4.06. The Kier molecular flexibility index (Phi) is 4.89. The van der Waals surface area contributed by atoms with Gasteiger partial charge in [0, 0.05) is 11.9 Å². The highest BCUT2D eigenvalue weighted by Crippen LogP contribution is 2.30. The zero-order chi connectivity index (χ0) is 18.0. The van der Waals surface area contributed by atoms with Crippen molar-refractivity contribution in [1.29, 1.82) is 0 Å². The number of nitrogens with zero attached hydrogens (tertiary/aromatic N) is 2. The van der Waals surface area contributed by atoms with Crippen LogP contribution in [0.3, 0.4) is 0 Å². The number of aromatic nitrogens is 2. The van der Waals surface area contributed by atoms with E-state index in [9.17, 15) is 13.2 Å². The molecule has 25 heavy (non-hydrogen) atoms. The molecule has 0 bridgehead atoms. The highest BCUT2D eigenvalue weighted by molar-refractivity contribution is 7.88. The molecule has 2 heterocycles. The maximum absolute atomic E-state index is 12.2. The van der Waals surface area contributed by atoms with Crippen LogP contribution in [0.15, 0.2) is 36.4 Å². The molecule has 0 unspecified atom stereocenters. The Labute approximate surface area is 149 Å². The fourth-order valence-electron chi connectivity index (χ4n) is 2.33. The number of hydrogen-bond donors (Lipinski definition) is 1. The average Bonchev–Trinajstić information content (AvgIpc) is 3.12. The van der Waals surface area contributed by atoms with Gasteiger partial charge in [-0.15, -0.1) is 11.3 Å². The summed E-state index contributed by atoms with van der Waals surface area (Å²) < 4.78 is 31.2. The van der Waals surface area contributed by atoms with Crippen molar-refractivity contribution in [2.24, 2.45) is 0 Å². The Bertz CT molecular complexity index is 1010. The third-order valence-electron chi connectivity index (χ3n) is 3.45. The molecule has 2 aromatic heterocycles. The quantitative estimate of drug-likeness (QED) is 0.523. The second-order valence-electron chi connectivity index (χ2n) is 5.46. The van der Waals surface area contributed by atoms with Gasteiger partial charge >= 0.3 is 5.97 Å². The first kappa shape index (κ1) is 17.6. The van der Waals surface area contributed by atoms with Crippen LogP contribution in [0.5, 0.6) is 0 Å². The molecule has 0 saturated heterocycles. The average molecular weight is 379 g/mol. The van der Waals surface area contributed by atoms with E-state index in [4.69, 9.17) is 4.74 Å². The van der Waals surface area contributed by atoms with Gasteiger partial charge in [0.25, 0.3) is 0 Å². The summed E-state index contributed by atoms with van der Waals surface area (Å²) in [4.78, 5) is 13.5. The van der Waals surface area contributed by atoms with Crippen LogP contribution in [0.4, 0.5) is 0 Å². The lowest BCUT2D eigenvalue weighted by atomic mass is 10.3. The van der Waals surface area contributed by atoms with Crippen LogP contribution in [0.2, 0.25) is 0 Å². The van der Waals surface area contributed by atoms with Gasteiger partial charge in [0.15, 0.2) is 0 Å². The van der Waals surface area contributed by atoms with Gasteiger partial charge in [0.1, 0.15) is 16.3 Å². The van der Waals surface area contributed by atoms with Crippen LogP contribution in [-0.2, 0) is 14.8 Å². The van der Waals surface area contributed by atoms with Gasteiger partial charge in [0.05, 0.1) is 17.6 Å². The van der Waals surface area contributed by atoms with Crippen LogP contribution < -0.4 is 4.72 Å². The van der Waals surface area contributed by atoms with E-state index in [1.54, 1.807) is 10.7 Å². The smallest absolute Gasteiger partial charge is 0.348 e. The van der Waals surface area contributed by atoms with Crippen LogP contribution in [0.1, 0.15) is 15.4 Å². The molecule has 0 aliphatic carbocycles. The molecule has 0 radical (unpaired) electrons. The summed E-state index contributed by atoms with van der Waals surface area (Å²) in [6.45, 7) is 1.91. The van der Waals surface area contributed by atoms with Crippen LogP contribution in [-0.4, -0.2) is 43.6 Å². The maximum atomic E-state index is 12.2. The molecule has 0 saturated carbocycles. The molecule has 0 fully saturated rings. The molecule has 0 atom stereocenters. The molecule has 0 aliphatic rings. The van der Waals surface area contributed by atoms with Crippen LogP contribution in [0.25, 0.3) is 15.9 Å². The van der Waals surface area contributed by atoms with Crippen molar-refractivity contribution >= 4 is 37.5 Å². The fourth-order valence-corrected chi connectivity index (χ4v) is 3.86. The van der Waals surface area contributed by atoms with Crippen molar-refractivity contribution in [2.75, 3.05) is 19.4 Å². The number of benzene rings is 1. The molecule has 0 spiro atoms. The fraction of sp³-hybridized carbons (Fsp3) is 0.250. The molecule has 7 nitrogen and oxygen atoms in total. The second kappa shape index (κ2) is 6.95. The number of sulfonamides is 1. The zero-order valence-corrected chi connectivity index (χ0v) is 15.4. The number of aryl methyl sites for hydroxylation is 1. The Morgan fingerprint density at radius 1 is 1.32 bits per heavy atom. The molecular weight excluding hydrogens is 362 g/mol. The van der Waals surface area contributed by atoms with Crippen LogP contribution in [0, 0.1) is 6.92 Å². The van der Waals surface area contributed by atoms with E-state index in [2.05, 4.69) is 9.82 Å². The first-order valence-electron chi connectivity index (χ1n) is 7.51. The summed E-state index contributed by atoms with van der Waals surface area (Å²) in [6, 6.07) is 11.4. The van der Waals surface area contributed by atoms with E-state index < -0.39 is 16.0 Å². The topological polar surface area (TPSA) is 90.3 Å². The van der Waals surface area contributed by atoms with Crippen molar-refractivity contribution in [3.63, 3.8) is 0 Å². The Morgan fingerprint density at radius 2 is 2.04 bits per heavy atom. The predicted octanol–water partition coefficient (Wildman–Crippen LogP) is 2.10. The number of fused-ring (bicyclic) bond motifs is 1. The number of ether oxygens (including phenoxy) is 1. The number of para-hydroxylation sites is 1. The van der Waals surface area contributed by atoms with E-state index in [-0.39, 0.29) is 13.2 Å². The number of carbonyl (C=O) groups excluding carboxylic acids is 1. The zero-order valence-electron chi connectivity index (χ0n) is 13.7. The Hall–Kier alpha value is -2.23. The minimum Gasteiger partial charge on any atom is -0.460 e. The number of hydrogen-bond acceptors (Lipinski definition) is 6. The Morgan fingerprint density at radius 3 is 2.72 bits per heavy atom. The molecule has 1 aromatic carbocycles. The van der Waals surface area contributed by atoms with Crippen molar-refractivity contribution in [3.8, 4) is 5.69 Å². The van der Waals surface area contributed by atoms with E-state index >= 15 is 0 Å². The minimum absolute atomic E-state index is 0.0239. The van der Waals surface area contributed by atoms with Crippen molar-refractivity contribution in [3.05, 3.63) is 47.0 Å². The first-order chi connectivity index (χ1) is 11.8. The van der Waals surface area contributed by atoms with Crippen molar-refractivity contribution in [2.45, 2.75) is 6.92 Å². The van der Waals surface area contributed by atoms with Gasteiger partial charge in [-0.05, 0) is 25.1 Å². The summed E-state index contributed by atoms with van der Waals surface area (Å²) in [5, 5.41) is 5.42. The number of rotatable bonds is 6. The number of esters is 1. The van der Waals surface area contributed by atoms with Gasteiger partial charge in [-0.25, -0.2) is 22.6 Å². The van der Waals surface area contributed by atoms with Gasteiger partial charge < -0.3 is 4.74 Å². The summed E-state index contributed by atoms with van der Waals surface area (Å²) >= 11 is 1.30. The molecule has 132 valence electrons. The molecule has 3 rings (SSSR count). The van der Waals surface area contributed by atoms with Gasteiger partial charge in [-0.3, -0.25) is 0 Å². The lowest BCUT2D eigenvalue weighted by Gasteiger charge is -2.04. The summed E-state index contributed by atoms with van der Waals surface area (Å²) in [5.41, 5.74) is 1.74. The number of thiophene rings is 1. The highest BCUT2D eigenvalue weighted by Gasteiger charge is 2.18. The Balaban J connectivity index is 1.78. The molecule has 0 amide bonds. The van der Waals surface area contributed by atoms with Gasteiger partial charge in [-0.2, -0.15) is 5.10 Å². The minimum atomic E-state index is -3.29. The van der Waals surface area contributed by atoms with Crippen molar-refractivity contribution in [1.82, 2.24) is 14.5 Å². The highest BCUT2D eigenvalue weighted by atomic mass is 32.2. The van der Waals surface area contributed by atoms with E-state index in [0.717, 1.165) is 27.9 Å². The SMILES string of the molecule is Cc1nn(-c2ccccc2)c2sc(C(=O)OCCNS(C)(=O)=O)cc12. The normalized spacial score (nSPS) is 11.8. The van der Waals surface area contributed by atoms with Gasteiger partial charge in [-0.1, -0.05) is 18.2 Å². The summed E-state index contributed by atoms with van der Waals surface area (Å²) in [6.07, 6.45) is 1.05. The molecule has 9 heteroatoms. The number of carbonyl (C=O) groups is 1. The molecule has 1 N–H and O–H groups in total. The van der Waals surface area contributed by atoms with E-state index in [0.29, 0.717) is 4.88 Å².